The number of rotatable bonds is 18. The van der Waals surface area contributed by atoms with Crippen LogP contribution in [-0.2, 0) is 14.4 Å². The Hall–Kier alpha value is -6.13. The average molecular weight is 946 g/mol. The van der Waals surface area contributed by atoms with E-state index in [2.05, 4.69) is 20.5 Å². The van der Waals surface area contributed by atoms with Crippen molar-refractivity contribution in [2.75, 3.05) is 32.8 Å². The van der Waals surface area contributed by atoms with Crippen molar-refractivity contribution in [2.24, 2.45) is 5.41 Å². The zero-order valence-electron chi connectivity index (χ0n) is 38.7. The Bertz CT molecular complexity index is 2690. The highest BCUT2D eigenvalue weighted by atomic mass is 32.1. The molecule has 5 N–H and O–H groups in total. The van der Waals surface area contributed by atoms with Crippen molar-refractivity contribution in [1.82, 2.24) is 25.4 Å². The first-order chi connectivity index (χ1) is 32.0. The van der Waals surface area contributed by atoms with Crippen molar-refractivity contribution >= 4 is 56.3 Å². The lowest BCUT2D eigenvalue weighted by molar-refractivity contribution is -0.144. The van der Waals surface area contributed by atoms with E-state index in [0.29, 0.717) is 43.0 Å². The van der Waals surface area contributed by atoms with Crippen LogP contribution in [0.4, 0.5) is 0 Å². The number of thiazole rings is 1. The van der Waals surface area contributed by atoms with E-state index in [9.17, 15) is 34.5 Å². The summed E-state index contributed by atoms with van der Waals surface area (Å²) in [6.45, 7) is 13.8. The third kappa shape index (κ3) is 11.7. The number of benzene rings is 4. The number of aromatic nitrogens is 1. The van der Waals surface area contributed by atoms with Gasteiger partial charge in [-0.25, -0.2) is 4.98 Å². The molecule has 0 unspecified atom stereocenters. The van der Waals surface area contributed by atoms with E-state index >= 15 is 0 Å². The van der Waals surface area contributed by atoms with E-state index in [1.54, 1.807) is 78.1 Å². The molecule has 6 aromatic rings. The third-order valence-electron chi connectivity index (χ3n) is 12.2. The summed E-state index contributed by atoms with van der Waals surface area (Å²) in [6.07, 6.45) is -0.0408. The summed E-state index contributed by atoms with van der Waals surface area (Å²) >= 11 is 2.98. The Balaban J connectivity index is 0.890. The molecule has 2 aromatic heterocycles. The fraction of sp³-hybridized carbons (Fsp3) is 0.365. The molecule has 1 fully saturated rings. The number of thiophene rings is 1. The molecule has 4 aromatic carbocycles. The van der Waals surface area contributed by atoms with Crippen LogP contribution in [0.2, 0.25) is 0 Å². The monoisotopic (exact) mass is 945 g/mol. The fourth-order valence-electron chi connectivity index (χ4n) is 8.41. The standard InChI is InChI=1S/C52H59N5O8S2/c1-7-56(25-26-65-40-21-16-34(17-22-40)46(62)45-41-23-20-38(59)28-43(41)67-48(45)36-14-18-37(58)19-15-36)24-8-9-44(61)55-49(52(4,5)6)51(64)57-29-39(60)27-42(57)50(63)54-31(2)33-10-12-35(13-11-33)47-32(3)53-30-66-47/h10-23,28,30-31,39,42,49,58-60H,7-9,24-27,29H2,1-6H3,(H,54,63)(H,55,61)/t31-,39+,42-,49+/m0/s1. The first kappa shape index (κ1) is 48.8. The Morgan fingerprint density at radius 3 is 2.22 bits per heavy atom. The average Bonchev–Trinajstić information content (AvgIpc) is 4.03. The maximum absolute atomic E-state index is 14.2. The van der Waals surface area contributed by atoms with Crippen LogP contribution in [0.1, 0.15) is 87.1 Å². The molecule has 1 aliphatic heterocycles. The molecule has 0 spiro atoms. The number of nitrogens with zero attached hydrogens (tertiary/aromatic N) is 3. The van der Waals surface area contributed by atoms with E-state index in [-0.39, 0.29) is 54.5 Å². The minimum absolute atomic E-state index is 0.00529. The van der Waals surface area contributed by atoms with Gasteiger partial charge in [0.15, 0.2) is 5.78 Å². The summed E-state index contributed by atoms with van der Waals surface area (Å²) in [7, 11) is 0. The number of fused-ring (bicyclic) bond motifs is 1. The zero-order valence-corrected chi connectivity index (χ0v) is 40.4. The summed E-state index contributed by atoms with van der Waals surface area (Å²) in [4.78, 5) is 65.1. The second kappa shape index (κ2) is 21.2. The maximum atomic E-state index is 14.2. The van der Waals surface area contributed by atoms with Gasteiger partial charge in [0.05, 0.1) is 28.2 Å². The van der Waals surface area contributed by atoms with E-state index < -0.39 is 29.5 Å². The van der Waals surface area contributed by atoms with Gasteiger partial charge in [0, 0.05) is 52.0 Å². The Morgan fingerprint density at radius 2 is 1.57 bits per heavy atom. The number of phenols is 2. The predicted molar refractivity (Wildman–Crippen MR) is 264 cm³/mol. The minimum atomic E-state index is -0.918. The molecule has 0 aliphatic carbocycles. The zero-order chi connectivity index (χ0) is 48.0. The molecule has 7 rings (SSSR count). The number of likely N-dealkylation sites (N-methyl/N-ethyl adjacent to an activating group) is 1. The normalized spacial score (nSPS) is 16.0. The van der Waals surface area contributed by atoms with E-state index in [4.69, 9.17) is 4.74 Å². The predicted octanol–water partition coefficient (Wildman–Crippen LogP) is 8.49. The SMILES string of the molecule is CCN(CCCC(=O)N[C@H](C(=O)N1C[C@H](O)C[C@H]1C(=O)N[C@@H](C)c1ccc(-c2scnc2C)cc1)C(C)(C)C)CCOc1ccc(C(=O)c2c(-c3ccc(O)cc3)sc3cc(O)ccc23)cc1. The lowest BCUT2D eigenvalue weighted by Crippen LogP contribution is -2.57. The Morgan fingerprint density at radius 1 is 0.896 bits per heavy atom. The number of carbonyl (C=O) groups is 4. The van der Waals surface area contributed by atoms with Crippen molar-refractivity contribution in [3.8, 4) is 38.1 Å². The van der Waals surface area contributed by atoms with E-state index in [1.165, 1.54) is 16.2 Å². The molecule has 13 nitrogen and oxygen atoms in total. The van der Waals surface area contributed by atoms with Gasteiger partial charge in [-0.1, -0.05) is 52.0 Å². The van der Waals surface area contributed by atoms with Gasteiger partial charge in [0.2, 0.25) is 17.7 Å². The minimum Gasteiger partial charge on any atom is -0.508 e. The summed E-state index contributed by atoms with van der Waals surface area (Å²) in [5.41, 5.74) is 5.85. The first-order valence-electron chi connectivity index (χ1n) is 22.6. The van der Waals surface area contributed by atoms with Crippen molar-refractivity contribution in [2.45, 2.75) is 85.0 Å². The number of ketones is 1. The molecular formula is C52H59N5O8S2. The Kier molecular flexibility index (Phi) is 15.5. The van der Waals surface area contributed by atoms with Crippen LogP contribution in [0.5, 0.6) is 17.2 Å². The molecule has 0 radical (unpaired) electrons. The second-order valence-electron chi connectivity index (χ2n) is 18.2. The summed E-state index contributed by atoms with van der Waals surface area (Å²) in [5, 5.41) is 37.4. The smallest absolute Gasteiger partial charge is 0.246 e. The number of nitrogens with one attached hydrogen (secondary N) is 2. The van der Waals surface area contributed by atoms with Crippen molar-refractivity contribution < 1.29 is 39.2 Å². The van der Waals surface area contributed by atoms with Crippen LogP contribution in [0.3, 0.4) is 0 Å². The fourth-order valence-corrected chi connectivity index (χ4v) is 10.5. The lowest BCUT2D eigenvalue weighted by Gasteiger charge is -2.35. The molecule has 3 heterocycles. The number of carbonyl (C=O) groups excluding carboxylic acids is 4. The number of aliphatic hydroxyl groups excluding tert-OH is 1. The molecule has 3 amide bonds. The van der Waals surface area contributed by atoms with Crippen LogP contribution in [0, 0.1) is 12.3 Å². The van der Waals surface area contributed by atoms with Gasteiger partial charge >= 0.3 is 0 Å². The van der Waals surface area contributed by atoms with Gasteiger partial charge in [0.1, 0.15) is 35.9 Å². The molecule has 15 heteroatoms. The highest BCUT2D eigenvalue weighted by Gasteiger charge is 2.44. The molecule has 0 saturated carbocycles. The number of hydrogen-bond acceptors (Lipinski definition) is 12. The van der Waals surface area contributed by atoms with Crippen LogP contribution < -0.4 is 15.4 Å². The number of ether oxygens (including phenoxy) is 1. The molecule has 1 saturated heterocycles. The van der Waals surface area contributed by atoms with Gasteiger partial charge in [-0.3, -0.25) is 19.2 Å². The molecular weight excluding hydrogens is 887 g/mol. The van der Waals surface area contributed by atoms with Crippen LogP contribution in [-0.4, -0.2) is 105 Å². The number of hydrogen-bond donors (Lipinski definition) is 5. The van der Waals surface area contributed by atoms with E-state index in [1.807, 2.05) is 71.3 Å². The van der Waals surface area contributed by atoms with Crippen LogP contribution >= 0.6 is 22.7 Å². The Labute approximate surface area is 399 Å². The second-order valence-corrected chi connectivity index (χ2v) is 20.1. The molecule has 0 bridgehead atoms. The first-order valence-corrected chi connectivity index (χ1v) is 24.3. The molecule has 1 aliphatic rings. The number of β-amino-alcohol motifs (C(OH)–C–C–N with tert-alkyl or cyclic N) is 1. The number of likely N-dealkylation sites (tertiary alicyclic amines) is 1. The summed E-state index contributed by atoms with van der Waals surface area (Å²) in [6, 6.07) is 24.5. The highest BCUT2D eigenvalue weighted by molar-refractivity contribution is 7.22. The number of phenolic OH excluding ortho intramolecular Hbond substituents is 2. The number of amides is 3. The maximum Gasteiger partial charge on any atom is 0.246 e. The van der Waals surface area contributed by atoms with Gasteiger partial charge in [-0.2, -0.15) is 0 Å². The van der Waals surface area contributed by atoms with Crippen LogP contribution in [0.25, 0.3) is 31.0 Å². The number of aromatic hydroxyl groups is 2. The largest absolute Gasteiger partial charge is 0.508 e. The van der Waals surface area contributed by atoms with Crippen LogP contribution in [0.15, 0.2) is 96.5 Å². The molecule has 352 valence electrons. The van der Waals surface area contributed by atoms with Gasteiger partial charge in [-0.05, 0) is 122 Å². The van der Waals surface area contributed by atoms with Gasteiger partial charge < -0.3 is 40.5 Å². The van der Waals surface area contributed by atoms with Crippen molar-refractivity contribution in [1.29, 1.82) is 0 Å². The number of aryl methyl sites for hydroxylation is 1. The van der Waals surface area contributed by atoms with Gasteiger partial charge in [-0.15, -0.1) is 22.7 Å². The summed E-state index contributed by atoms with van der Waals surface area (Å²) in [5.74, 6) is -0.355. The third-order valence-corrected chi connectivity index (χ3v) is 14.4. The van der Waals surface area contributed by atoms with E-state index in [0.717, 1.165) is 48.8 Å². The molecule has 4 atom stereocenters. The quantitative estimate of drug-likeness (QED) is 0.0525. The molecule has 67 heavy (non-hydrogen) atoms. The lowest BCUT2D eigenvalue weighted by atomic mass is 9.85. The van der Waals surface area contributed by atoms with Gasteiger partial charge in [0.25, 0.3) is 0 Å². The number of aliphatic hydroxyl groups is 1. The summed E-state index contributed by atoms with van der Waals surface area (Å²) < 4.78 is 6.85. The topological polar surface area (TPSA) is 182 Å². The van der Waals surface area contributed by atoms with Crippen molar-refractivity contribution in [3.05, 3.63) is 119 Å². The van der Waals surface area contributed by atoms with Crippen molar-refractivity contribution in [3.63, 3.8) is 0 Å². The highest BCUT2D eigenvalue weighted by Crippen LogP contribution is 2.42.